The van der Waals surface area contributed by atoms with Crippen molar-refractivity contribution in [2.75, 3.05) is 7.11 Å². The lowest BCUT2D eigenvalue weighted by Gasteiger charge is -2.05. The van der Waals surface area contributed by atoms with E-state index >= 15 is 0 Å². The number of rotatable bonds is 1. The fourth-order valence-corrected chi connectivity index (χ4v) is 1.53. The van der Waals surface area contributed by atoms with Crippen LogP contribution in [-0.2, 0) is 0 Å². The number of hydrogen-bond donors (Lipinski definition) is 1. The molecule has 0 amide bonds. The van der Waals surface area contributed by atoms with Crippen LogP contribution < -0.4 is 10.3 Å². The smallest absolute Gasteiger partial charge is 0.290 e. The summed E-state index contributed by atoms with van der Waals surface area (Å²) in [6.45, 7) is 1.81. The molecule has 1 aromatic heterocycles. The Hall–Kier alpha value is -1.84. The zero-order valence-corrected chi connectivity index (χ0v) is 8.43. The highest BCUT2D eigenvalue weighted by atomic mass is 19.1. The quantitative estimate of drug-likeness (QED) is 0.776. The molecule has 0 radical (unpaired) electrons. The summed E-state index contributed by atoms with van der Waals surface area (Å²) in [5.74, 6) is -0.253. The molecule has 0 spiro atoms. The van der Waals surface area contributed by atoms with E-state index in [1.165, 1.54) is 19.2 Å². The van der Waals surface area contributed by atoms with Crippen LogP contribution in [0.2, 0.25) is 0 Å². The van der Waals surface area contributed by atoms with Gasteiger partial charge in [0.25, 0.3) is 5.56 Å². The molecule has 0 aliphatic heterocycles. The van der Waals surface area contributed by atoms with Crippen LogP contribution in [-0.4, -0.2) is 12.1 Å². The third-order valence-electron chi connectivity index (χ3n) is 2.36. The Labute approximate surface area is 85.5 Å². The summed E-state index contributed by atoms with van der Waals surface area (Å²) in [6.07, 6.45) is 0. The Morgan fingerprint density at radius 3 is 2.80 bits per heavy atom. The second-order valence-corrected chi connectivity index (χ2v) is 3.32. The van der Waals surface area contributed by atoms with Crippen molar-refractivity contribution in [1.29, 1.82) is 0 Å². The number of benzene rings is 1. The van der Waals surface area contributed by atoms with Crippen molar-refractivity contribution in [2.24, 2.45) is 0 Å². The molecule has 0 aliphatic rings. The van der Waals surface area contributed by atoms with Crippen LogP contribution in [0.3, 0.4) is 0 Å². The first-order chi connectivity index (χ1) is 7.13. The molecule has 1 heterocycles. The van der Waals surface area contributed by atoms with Crippen LogP contribution in [0.15, 0.2) is 23.0 Å². The third-order valence-corrected chi connectivity index (χ3v) is 2.36. The molecule has 4 heteroatoms. The maximum absolute atomic E-state index is 13.4. The maximum atomic E-state index is 13.4. The largest absolute Gasteiger partial charge is 0.491 e. The molecule has 0 bridgehead atoms. The number of aromatic amines is 1. The van der Waals surface area contributed by atoms with Gasteiger partial charge >= 0.3 is 0 Å². The van der Waals surface area contributed by atoms with Crippen molar-refractivity contribution in [3.8, 4) is 5.75 Å². The summed E-state index contributed by atoms with van der Waals surface area (Å²) in [7, 11) is 1.38. The van der Waals surface area contributed by atoms with E-state index in [9.17, 15) is 9.18 Å². The van der Waals surface area contributed by atoms with Gasteiger partial charge in [-0.2, -0.15) is 0 Å². The Bertz CT molecular complexity index is 575. The van der Waals surface area contributed by atoms with Gasteiger partial charge in [0.05, 0.1) is 12.6 Å². The highest BCUT2D eigenvalue weighted by Crippen LogP contribution is 2.20. The van der Waals surface area contributed by atoms with Gasteiger partial charge in [0.15, 0.2) is 5.75 Å². The normalized spacial score (nSPS) is 10.6. The Morgan fingerprint density at radius 1 is 1.40 bits per heavy atom. The van der Waals surface area contributed by atoms with Crippen LogP contribution >= 0.6 is 0 Å². The SMILES string of the molecule is COc1cc2c(F)ccc(C)c2[nH]c1=O. The molecule has 0 saturated carbocycles. The van der Waals surface area contributed by atoms with Gasteiger partial charge in [0, 0.05) is 5.39 Å². The fourth-order valence-electron chi connectivity index (χ4n) is 1.53. The lowest BCUT2D eigenvalue weighted by Crippen LogP contribution is -2.09. The molecule has 15 heavy (non-hydrogen) atoms. The van der Waals surface area contributed by atoms with Crippen LogP contribution in [0.1, 0.15) is 5.56 Å². The standard InChI is InChI=1S/C11H10FNO2/c1-6-3-4-8(12)7-5-9(15-2)11(14)13-10(6)7/h3-5H,1-2H3,(H,13,14). The second kappa shape index (κ2) is 3.38. The van der Waals surface area contributed by atoms with Crippen molar-refractivity contribution in [3.05, 3.63) is 39.9 Å². The molecular weight excluding hydrogens is 197 g/mol. The molecule has 2 aromatic rings. The number of pyridine rings is 1. The van der Waals surface area contributed by atoms with Crippen molar-refractivity contribution >= 4 is 10.9 Å². The monoisotopic (exact) mass is 207 g/mol. The van der Waals surface area contributed by atoms with Gasteiger partial charge in [-0.1, -0.05) is 6.07 Å². The van der Waals surface area contributed by atoms with E-state index in [-0.39, 0.29) is 17.1 Å². The predicted molar refractivity (Wildman–Crippen MR) is 55.8 cm³/mol. The molecule has 0 unspecified atom stereocenters. The highest BCUT2D eigenvalue weighted by molar-refractivity contribution is 5.83. The van der Waals surface area contributed by atoms with Gasteiger partial charge in [0.1, 0.15) is 5.82 Å². The number of methoxy groups -OCH3 is 1. The van der Waals surface area contributed by atoms with Gasteiger partial charge in [-0.15, -0.1) is 0 Å². The van der Waals surface area contributed by atoms with Gasteiger partial charge in [-0.25, -0.2) is 4.39 Å². The predicted octanol–water partition coefficient (Wildman–Crippen LogP) is 1.98. The number of nitrogens with one attached hydrogen (secondary N) is 1. The molecule has 1 aromatic carbocycles. The first-order valence-electron chi connectivity index (χ1n) is 4.49. The molecule has 2 rings (SSSR count). The Morgan fingerprint density at radius 2 is 2.13 bits per heavy atom. The number of aryl methyl sites for hydroxylation is 1. The molecule has 0 saturated heterocycles. The Kier molecular flexibility index (Phi) is 2.19. The summed E-state index contributed by atoms with van der Waals surface area (Å²) >= 11 is 0. The summed E-state index contributed by atoms with van der Waals surface area (Å²) in [5, 5.41) is 0.367. The van der Waals surface area contributed by atoms with Crippen LogP contribution in [0.4, 0.5) is 4.39 Å². The van der Waals surface area contributed by atoms with E-state index in [0.717, 1.165) is 5.56 Å². The first kappa shape index (κ1) is 9.71. The number of H-pyrrole nitrogens is 1. The minimum Gasteiger partial charge on any atom is -0.491 e. The lowest BCUT2D eigenvalue weighted by atomic mass is 10.1. The molecule has 0 atom stereocenters. The number of halogens is 1. The minimum atomic E-state index is -0.370. The van der Waals surface area contributed by atoms with E-state index in [1.54, 1.807) is 6.07 Å². The summed E-state index contributed by atoms with van der Waals surface area (Å²) < 4.78 is 18.3. The first-order valence-corrected chi connectivity index (χ1v) is 4.49. The molecule has 3 nitrogen and oxygen atoms in total. The molecule has 78 valence electrons. The zero-order chi connectivity index (χ0) is 11.0. The summed E-state index contributed by atoms with van der Waals surface area (Å²) in [5.41, 5.74) is 0.991. The van der Waals surface area contributed by atoms with E-state index in [1.807, 2.05) is 6.92 Å². The highest BCUT2D eigenvalue weighted by Gasteiger charge is 2.08. The lowest BCUT2D eigenvalue weighted by molar-refractivity contribution is 0.409. The van der Waals surface area contributed by atoms with E-state index in [0.29, 0.717) is 10.9 Å². The fraction of sp³-hybridized carbons (Fsp3) is 0.182. The van der Waals surface area contributed by atoms with Crippen LogP contribution in [0.25, 0.3) is 10.9 Å². The molecular formula is C11H10FNO2. The van der Waals surface area contributed by atoms with E-state index < -0.39 is 0 Å². The summed E-state index contributed by atoms with van der Waals surface area (Å²) in [4.78, 5) is 14.0. The average molecular weight is 207 g/mol. The van der Waals surface area contributed by atoms with Gasteiger partial charge in [0.2, 0.25) is 0 Å². The van der Waals surface area contributed by atoms with Crippen molar-refractivity contribution in [2.45, 2.75) is 6.92 Å². The molecule has 1 N–H and O–H groups in total. The minimum absolute atomic E-state index is 0.118. The third kappa shape index (κ3) is 1.48. The number of hydrogen-bond acceptors (Lipinski definition) is 2. The number of fused-ring (bicyclic) bond motifs is 1. The van der Waals surface area contributed by atoms with Gasteiger partial charge in [-0.05, 0) is 24.6 Å². The van der Waals surface area contributed by atoms with Gasteiger partial charge in [-0.3, -0.25) is 4.79 Å². The van der Waals surface area contributed by atoms with Crippen LogP contribution in [0.5, 0.6) is 5.75 Å². The summed E-state index contributed by atoms with van der Waals surface area (Å²) in [6, 6.07) is 4.41. The van der Waals surface area contributed by atoms with E-state index in [4.69, 9.17) is 4.74 Å². The number of aromatic nitrogens is 1. The maximum Gasteiger partial charge on any atom is 0.290 e. The average Bonchev–Trinajstić information content (AvgIpc) is 2.23. The van der Waals surface area contributed by atoms with Crippen molar-refractivity contribution < 1.29 is 9.13 Å². The second-order valence-electron chi connectivity index (χ2n) is 3.32. The van der Waals surface area contributed by atoms with Gasteiger partial charge < -0.3 is 9.72 Å². The van der Waals surface area contributed by atoms with Crippen molar-refractivity contribution in [1.82, 2.24) is 4.98 Å². The topological polar surface area (TPSA) is 42.1 Å². The molecule has 0 aliphatic carbocycles. The molecule has 0 fully saturated rings. The van der Waals surface area contributed by atoms with E-state index in [2.05, 4.69) is 4.98 Å². The van der Waals surface area contributed by atoms with Crippen LogP contribution in [0, 0.1) is 12.7 Å². The number of ether oxygens (including phenoxy) is 1. The zero-order valence-electron chi connectivity index (χ0n) is 8.43. The van der Waals surface area contributed by atoms with Crippen molar-refractivity contribution in [3.63, 3.8) is 0 Å². The Balaban J connectivity index is 2.92.